The summed E-state index contributed by atoms with van der Waals surface area (Å²) >= 11 is 0. The van der Waals surface area contributed by atoms with Crippen LogP contribution in [0.2, 0.25) is 0 Å². The first-order valence-corrected chi connectivity index (χ1v) is 11.2. The number of ketones is 1. The lowest BCUT2D eigenvalue weighted by atomic mass is 9.46. The van der Waals surface area contributed by atoms with Gasteiger partial charge in [-0.3, -0.25) is 4.79 Å². The summed E-state index contributed by atoms with van der Waals surface area (Å²) in [5.41, 5.74) is 11.4. The maximum atomic E-state index is 13.7. The third-order valence-corrected chi connectivity index (χ3v) is 8.60. The number of hydrogen-bond donors (Lipinski definition) is 1. The van der Waals surface area contributed by atoms with Crippen LogP contribution in [0.4, 0.5) is 0 Å². The maximum absolute atomic E-state index is 13.7. The number of Topliss-reactive ketones (excluding diaryl/α,β-unsaturated/α-hetero) is 1. The second-order valence-corrected chi connectivity index (χ2v) is 9.89. The molecule has 2 heterocycles. The fourth-order valence-electron chi connectivity index (χ4n) is 7.54. The Labute approximate surface area is 182 Å². The summed E-state index contributed by atoms with van der Waals surface area (Å²) in [6.45, 7) is 8.48. The SMILES string of the molecule is COc1cccc2c1C(N)C1C(=O)C[C@H](C)[C@H]3C(C)OC24Oc2c(ccc(C)c2C)C134. The molecule has 31 heavy (non-hydrogen) atoms. The molecule has 2 aromatic rings. The number of carbonyl (C=O) groups excluding carboxylic acids is 1. The van der Waals surface area contributed by atoms with E-state index in [0.717, 1.165) is 33.6 Å². The number of aryl methyl sites for hydroxylation is 1. The Morgan fingerprint density at radius 1 is 1.13 bits per heavy atom. The van der Waals surface area contributed by atoms with Crippen molar-refractivity contribution < 1.29 is 19.0 Å². The van der Waals surface area contributed by atoms with Gasteiger partial charge in [0.25, 0.3) is 0 Å². The molecule has 5 nitrogen and oxygen atoms in total. The summed E-state index contributed by atoms with van der Waals surface area (Å²) in [6, 6.07) is 9.74. The molecule has 2 fully saturated rings. The number of methoxy groups -OCH3 is 1. The Morgan fingerprint density at radius 2 is 1.90 bits per heavy atom. The van der Waals surface area contributed by atoms with Crippen molar-refractivity contribution in [2.24, 2.45) is 23.5 Å². The number of rotatable bonds is 1. The monoisotopic (exact) mass is 419 g/mol. The average molecular weight is 420 g/mol. The molecule has 2 N–H and O–H groups in total. The van der Waals surface area contributed by atoms with Gasteiger partial charge in [-0.25, -0.2) is 0 Å². The minimum absolute atomic E-state index is 0.0651. The first kappa shape index (κ1) is 19.3. The zero-order valence-corrected chi connectivity index (χ0v) is 18.7. The van der Waals surface area contributed by atoms with E-state index in [4.69, 9.17) is 19.9 Å². The Bertz CT molecular complexity index is 1140. The van der Waals surface area contributed by atoms with Gasteiger partial charge >= 0.3 is 0 Å². The fourth-order valence-corrected chi connectivity index (χ4v) is 7.54. The van der Waals surface area contributed by atoms with E-state index in [0.29, 0.717) is 12.2 Å². The smallest absolute Gasteiger partial charge is 0.249 e. The Balaban J connectivity index is 1.79. The van der Waals surface area contributed by atoms with Gasteiger partial charge in [0, 0.05) is 35.1 Å². The van der Waals surface area contributed by atoms with E-state index in [1.54, 1.807) is 7.11 Å². The highest BCUT2D eigenvalue weighted by molar-refractivity contribution is 5.88. The van der Waals surface area contributed by atoms with Crippen molar-refractivity contribution in [2.75, 3.05) is 7.11 Å². The zero-order valence-electron chi connectivity index (χ0n) is 18.7. The van der Waals surface area contributed by atoms with Gasteiger partial charge < -0.3 is 19.9 Å². The van der Waals surface area contributed by atoms with Gasteiger partial charge in [0.05, 0.1) is 24.5 Å². The molecular formula is C26H29NO4. The first-order valence-electron chi connectivity index (χ1n) is 11.2. The van der Waals surface area contributed by atoms with Gasteiger partial charge in [-0.05, 0) is 43.9 Å². The quantitative estimate of drug-likeness (QED) is 0.755. The number of carbonyl (C=O) groups is 1. The molecule has 1 spiro atoms. The maximum Gasteiger partial charge on any atom is 0.249 e. The van der Waals surface area contributed by atoms with Crippen molar-refractivity contribution in [1.82, 2.24) is 0 Å². The molecule has 2 aromatic carbocycles. The zero-order chi connectivity index (χ0) is 21.9. The topological polar surface area (TPSA) is 70.8 Å². The van der Waals surface area contributed by atoms with Crippen LogP contribution < -0.4 is 15.2 Å². The standard InChI is InChI=1S/C26H29NO4/c1-12-9-10-17-24(14(12)3)31-26-16-7-6-8-19(29-5)20(16)23(27)22-18(28)11-13(2)21(15(4)30-26)25(17,22)26/h6-10,13,15,21-23H,11,27H2,1-5H3/t13-,15?,21-,22?,23?,25?,26?/m0/s1. The van der Waals surface area contributed by atoms with E-state index in [1.165, 1.54) is 0 Å². The molecule has 0 radical (unpaired) electrons. The van der Waals surface area contributed by atoms with Crippen molar-refractivity contribution in [1.29, 1.82) is 0 Å². The van der Waals surface area contributed by atoms with E-state index in [9.17, 15) is 4.79 Å². The Kier molecular flexibility index (Phi) is 3.68. The van der Waals surface area contributed by atoms with Crippen molar-refractivity contribution in [2.45, 2.75) is 57.5 Å². The van der Waals surface area contributed by atoms with Crippen LogP contribution in [0, 0.1) is 31.6 Å². The van der Waals surface area contributed by atoms with E-state index in [2.05, 4.69) is 39.8 Å². The van der Waals surface area contributed by atoms with Gasteiger partial charge in [0.1, 0.15) is 17.3 Å². The minimum atomic E-state index is -1.08. The number of hydrogen-bond acceptors (Lipinski definition) is 5. The molecule has 162 valence electrons. The highest BCUT2D eigenvalue weighted by atomic mass is 16.7. The van der Waals surface area contributed by atoms with E-state index in [1.807, 2.05) is 18.2 Å². The molecule has 0 aromatic heterocycles. The predicted molar refractivity (Wildman–Crippen MR) is 116 cm³/mol. The van der Waals surface area contributed by atoms with Crippen LogP contribution in [0.1, 0.15) is 54.1 Å². The molecule has 5 unspecified atom stereocenters. The molecule has 7 atom stereocenters. The van der Waals surface area contributed by atoms with Crippen LogP contribution in [0.5, 0.6) is 11.5 Å². The van der Waals surface area contributed by atoms with Crippen LogP contribution >= 0.6 is 0 Å². The third kappa shape index (κ3) is 1.90. The molecule has 5 heteroatoms. The molecule has 2 aliphatic heterocycles. The van der Waals surface area contributed by atoms with E-state index in [-0.39, 0.29) is 23.7 Å². The summed E-state index contributed by atoms with van der Waals surface area (Å²) in [5.74, 6) is 0.542. The van der Waals surface area contributed by atoms with Gasteiger partial charge in [0.15, 0.2) is 0 Å². The number of ether oxygens (including phenoxy) is 3. The Hall–Kier alpha value is -2.37. The van der Waals surface area contributed by atoms with Gasteiger partial charge in [-0.15, -0.1) is 0 Å². The molecule has 2 aliphatic carbocycles. The molecule has 1 saturated carbocycles. The molecule has 0 amide bonds. The second kappa shape index (κ2) is 5.90. The van der Waals surface area contributed by atoms with Crippen LogP contribution in [-0.2, 0) is 20.7 Å². The van der Waals surface area contributed by atoms with Crippen LogP contribution in [0.25, 0.3) is 0 Å². The number of nitrogens with two attached hydrogens (primary N) is 1. The summed E-state index contributed by atoms with van der Waals surface area (Å²) in [6.07, 6.45) is 0.448. The largest absolute Gasteiger partial charge is 0.496 e. The van der Waals surface area contributed by atoms with Gasteiger partial charge in [0.2, 0.25) is 5.79 Å². The normalized spacial score (nSPS) is 39.3. The second-order valence-electron chi connectivity index (χ2n) is 9.89. The van der Waals surface area contributed by atoms with Crippen molar-refractivity contribution >= 4 is 5.78 Å². The van der Waals surface area contributed by atoms with Crippen LogP contribution in [-0.4, -0.2) is 19.0 Å². The fraction of sp³-hybridized carbons (Fsp3) is 0.500. The van der Waals surface area contributed by atoms with E-state index < -0.39 is 23.2 Å². The summed E-state index contributed by atoms with van der Waals surface area (Å²) in [7, 11) is 1.64. The van der Waals surface area contributed by atoms with E-state index >= 15 is 0 Å². The number of fused-ring (bicyclic) bond motifs is 2. The highest BCUT2D eigenvalue weighted by Gasteiger charge is 2.81. The highest BCUT2D eigenvalue weighted by Crippen LogP contribution is 2.75. The lowest BCUT2D eigenvalue weighted by Crippen LogP contribution is -2.64. The molecule has 1 saturated heterocycles. The van der Waals surface area contributed by atoms with Crippen molar-refractivity contribution in [3.8, 4) is 11.5 Å². The summed E-state index contributed by atoms with van der Waals surface area (Å²) in [4.78, 5) is 13.7. The third-order valence-electron chi connectivity index (χ3n) is 8.60. The van der Waals surface area contributed by atoms with Gasteiger partial charge in [-0.1, -0.05) is 31.2 Å². The molecule has 4 aliphatic rings. The Morgan fingerprint density at radius 3 is 2.65 bits per heavy atom. The molecular weight excluding hydrogens is 390 g/mol. The lowest BCUT2D eigenvalue weighted by molar-refractivity contribution is -0.211. The summed E-state index contributed by atoms with van der Waals surface area (Å²) in [5, 5.41) is 0. The van der Waals surface area contributed by atoms with Crippen molar-refractivity contribution in [3.05, 3.63) is 58.1 Å². The first-order chi connectivity index (χ1) is 14.8. The summed E-state index contributed by atoms with van der Waals surface area (Å²) < 4.78 is 19.5. The molecule has 0 bridgehead atoms. The minimum Gasteiger partial charge on any atom is -0.496 e. The van der Waals surface area contributed by atoms with Crippen LogP contribution in [0.3, 0.4) is 0 Å². The van der Waals surface area contributed by atoms with Gasteiger partial charge in [-0.2, -0.15) is 0 Å². The number of benzene rings is 2. The van der Waals surface area contributed by atoms with Crippen molar-refractivity contribution in [3.63, 3.8) is 0 Å². The molecule has 6 rings (SSSR count). The van der Waals surface area contributed by atoms with Crippen LogP contribution in [0.15, 0.2) is 30.3 Å². The predicted octanol–water partition coefficient (Wildman–Crippen LogP) is 4.07. The average Bonchev–Trinajstić information content (AvgIpc) is 3.16. The lowest BCUT2D eigenvalue weighted by Gasteiger charge is -2.55.